The fourth-order valence-corrected chi connectivity index (χ4v) is 6.89. The molecule has 1 aromatic carbocycles. The summed E-state index contributed by atoms with van der Waals surface area (Å²) in [6.45, 7) is 4.34. The summed E-state index contributed by atoms with van der Waals surface area (Å²) in [7, 11) is 0. The SMILES string of the molecule is Cc1ccc(-c2ccnc3c2c(C)nn3CC(=O)NC2C3CC4CC(C3)CC2C4)cc1. The maximum atomic E-state index is 13.1. The molecule has 0 aliphatic heterocycles. The topological polar surface area (TPSA) is 59.8 Å². The van der Waals surface area contributed by atoms with E-state index in [0.717, 1.165) is 39.7 Å². The van der Waals surface area contributed by atoms with Crippen LogP contribution in [0.15, 0.2) is 36.5 Å². The number of hydrogen-bond acceptors (Lipinski definition) is 3. The summed E-state index contributed by atoms with van der Waals surface area (Å²) in [5, 5.41) is 9.16. The monoisotopic (exact) mass is 414 g/mol. The van der Waals surface area contributed by atoms with Crippen molar-refractivity contribution >= 4 is 16.9 Å². The van der Waals surface area contributed by atoms with Crippen molar-refractivity contribution in [1.82, 2.24) is 20.1 Å². The van der Waals surface area contributed by atoms with Crippen LogP contribution in [0.1, 0.15) is 43.4 Å². The lowest BCUT2D eigenvalue weighted by atomic mass is 9.54. The van der Waals surface area contributed by atoms with E-state index in [-0.39, 0.29) is 12.5 Å². The zero-order valence-corrected chi connectivity index (χ0v) is 18.3. The molecule has 0 unspecified atom stereocenters. The zero-order valence-electron chi connectivity index (χ0n) is 18.3. The Hall–Kier alpha value is -2.69. The van der Waals surface area contributed by atoms with Gasteiger partial charge in [0.25, 0.3) is 0 Å². The second kappa shape index (κ2) is 7.18. The van der Waals surface area contributed by atoms with Crippen molar-refractivity contribution in [3.05, 3.63) is 47.8 Å². The third-order valence-electron chi connectivity index (χ3n) is 8.02. The quantitative estimate of drug-likeness (QED) is 0.676. The first-order valence-electron chi connectivity index (χ1n) is 11.7. The van der Waals surface area contributed by atoms with Crippen LogP contribution in [0.4, 0.5) is 0 Å². The third-order valence-corrected chi connectivity index (χ3v) is 8.02. The molecule has 0 saturated heterocycles. The lowest BCUT2D eigenvalue weighted by Gasteiger charge is -2.54. The number of fused-ring (bicyclic) bond motifs is 1. The number of pyridine rings is 1. The molecule has 3 aromatic rings. The lowest BCUT2D eigenvalue weighted by molar-refractivity contribution is -0.125. The van der Waals surface area contributed by atoms with Gasteiger partial charge in [0.1, 0.15) is 6.54 Å². The van der Waals surface area contributed by atoms with Gasteiger partial charge in [-0.05, 0) is 86.8 Å². The molecule has 0 atom stereocenters. The molecule has 7 rings (SSSR count). The Balaban J connectivity index is 1.25. The van der Waals surface area contributed by atoms with Crippen molar-refractivity contribution < 1.29 is 4.79 Å². The van der Waals surface area contributed by atoms with Gasteiger partial charge in [-0.1, -0.05) is 29.8 Å². The number of carbonyl (C=O) groups is 1. The number of hydrogen-bond donors (Lipinski definition) is 1. The van der Waals surface area contributed by atoms with Gasteiger partial charge in [0.05, 0.1) is 5.69 Å². The van der Waals surface area contributed by atoms with Gasteiger partial charge >= 0.3 is 0 Å². The third kappa shape index (κ3) is 3.26. The molecular weight excluding hydrogens is 384 g/mol. The highest BCUT2D eigenvalue weighted by Crippen LogP contribution is 2.53. The summed E-state index contributed by atoms with van der Waals surface area (Å²) < 4.78 is 1.79. The lowest BCUT2D eigenvalue weighted by Crippen LogP contribution is -2.56. The number of nitrogens with one attached hydrogen (secondary N) is 1. The van der Waals surface area contributed by atoms with Crippen molar-refractivity contribution in [2.24, 2.45) is 23.7 Å². The fourth-order valence-electron chi connectivity index (χ4n) is 6.89. The van der Waals surface area contributed by atoms with E-state index in [1.54, 1.807) is 4.68 Å². The molecule has 4 saturated carbocycles. The predicted molar refractivity (Wildman–Crippen MR) is 121 cm³/mol. The molecule has 1 N–H and O–H groups in total. The molecule has 4 aliphatic carbocycles. The summed E-state index contributed by atoms with van der Waals surface area (Å²) >= 11 is 0. The van der Waals surface area contributed by atoms with E-state index in [2.05, 4.69) is 41.5 Å². The van der Waals surface area contributed by atoms with Crippen LogP contribution in [0.25, 0.3) is 22.2 Å². The van der Waals surface area contributed by atoms with Crippen molar-refractivity contribution in [2.75, 3.05) is 0 Å². The highest BCUT2D eigenvalue weighted by molar-refractivity contribution is 5.95. The Morgan fingerprint density at radius 2 is 1.68 bits per heavy atom. The second-order valence-electron chi connectivity index (χ2n) is 10.2. The number of rotatable bonds is 4. The van der Waals surface area contributed by atoms with Gasteiger partial charge < -0.3 is 5.32 Å². The highest BCUT2D eigenvalue weighted by Gasteiger charge is 2.48. The van der Waals surface area contributed by atoms with Crippen molar-refractivity contribution in [1.29, 1.82) is 0 Å². The Kier molecular flexibility index (Phi) is 4.41. The van der Waals surface area contributed by atoms with Crippen LogP contribution < -0.4 is 5.32 Å². The van der Waals surface area contributed by atoms with Crippen LogP contribution in [0.5, 0.6) is 0 Å². The Morgan fingerprint density at radius 3 is 2.35 bits per heavy atom. The summed E-state index contributed by atoms with van der Waals surface area (Å²) in [6.07, 6.45) is 8.49. The normalized spacial score (nSPS) is 28.9. The molecule has 1 amide bonds. The smallest absolute Gasteiger partial charge is 0.242 e. The van der Waals surface area contributed by atoms with Crippen LogP contribution in [0.3, 0.4) is 0 Å². The van der Waals surface area contributed by atoms with E-state index in [1.807, 2.05) is 19.2 Å². The molecule has 4 bridgehead atoms. The number of benzene rings is 1. The molecule has 4 aliphatic rings. The minimum absolute atomic E-state index is 0.0735. The van der Waals surface area contributed by atoms with E-state index in [0.29, 0.717) is 17.9 Å². The Labute approximate surface area is 183 Å². The fraction of sp³-hybridized carbons (Fsp3) is 0.500. The molecule has 0 radical (unpaired) electrons. The number of amides is 1. The molecule has 31 heavy (non-hydrogen) atoms. The number of nitrogens with zero attached hydrogens (tertiary/aromatic N) is 3. The molecule has 2 heterocycles. The van der Waals surface area contributed by atoms with Crippen LogP contribution >= 0.6 is 0 Å². The van der Waals surface area contributed by atoms with Gasteiger partial charge in [-0.15, -0.1) is 0 Å². The maximum absolute atomic E-state index is 13.1. The van der Waals surface area contributed by atoms with Crippen LogP contribution in [-0.2, 0) is 11.3 Å². The number of aromatic nitrogens is 3. The highest BCUT2D eigenvalue weighted by atomic mass is 16.2. The minimum Gasteiger partial charge on any atom is -0.351 e. The first kappa shape index (κ1) is 19.0. The van der Waals surface area contributed by atoms with Crippen LogP contribution in [0, 0.1) is 37.5 Å². The van der Waals surface area contributed by atoms with E-state index in [9.17, 15) is 4.79 Å². The van der Waals surface area contributed by atoms with Gasteiger partial charge in [-0.25, -0.2) is 9.67 Å². The van der Waals surface area contributed by atoms with Gasteiger partial charge in [0.2, 0.25) is 5.91 Å². The molecule has 5 nitrogen and oxygen atoms in total. The molecule has 0 spiro atoms. The summed E-state index contributed by atoms with van der Waals surface area (Å²) in [5.74, 6) is 3.27. The average molecular weight is 415 g/mol. The van der Waals surface area contributed by atoms with Crippen molar-refractivity contribution in [2.45, 2.75) is 58.5 Å². The predicted octanol–water partition coefficient (Wildman–Crippen LogP) is 4.66. The van der Waals surface area contributed by atoms with Gasteiger partial charge in [-0.3, -0.25) is 4.79 Å². The van der Waals surface area contributed by atoms with Gasteiger partial charge in [0.15, 0.2) is 5.65 Å². The molecular formula is C26H30N4O. The van der Waals surface area contributed by atoms with Gasteiger partial charge in [-0.2, -0.15) is 5.10 Å². The van der Waals surface area contributed by atoms with E-state index in [1.165, 1.54) is 37.7 Å². The molecule has 160 valence electrons. The number of carbonyl (C=O) groups excluding carboxylic acids is 1. The van der Waals surface area contributed by atoms with E-state index < -0.39 is 0 Å². The zero-order chi connectivity index (χ0) is 21.1. The first-order chi connectivity index (χ1) is 15.0. The summed E-state index contributed by atoms with van der Waals surface area (Å²) in [6, 6.07) is 10.9. The standard InChI is InChI=1S/C26H30N4O/c1-15-3-5-19(6-4-15)22-7-8-27-26-24(22)16(2)29-30(26)14-23(31)28-25-20-10-17-9-18(12-20)13-21(25)11-17/h3-8,17-18,20-21,25H,9-14H2,1-2H3,(H,28,31). The van der Waals surface area contributed by atoms with Crippen molar-refractivity contribution in [3.8, 4) is 11.1 Å². The average Bonchev–Trinajstić information content (AvgIpc) is 3.06. The van der Waals surface area contributed by atoms with Gasteiger partial charge in [0, 0.05) is 17.6 Å². The van der Waals surface area contributed by atoms with Crippen molar-refractivity contribution in [3.63, 3.8) is 0 Å². The minimum atomic E-state index is 0.0735. The van der Waals surface area contributed by atoms with E-state index in [4.69, 9.17) is 5.10 Å². The first-order valence-corrected chi connectivity index (χ1v) is 11.7. The van der Waals surface area contributed by atoms with Crippen LogP contribution in [-0.4, -0.2) is 26.7 Å². The maximum Gasteiger partial charge on any atom is 0.242 e. The Bertz CT molecular complexity index is 1120. The largest absolute Gasteiger partial charge is 0.351 e. The van der Waals surface area contributed by atoms with Crippen LogP contribution in [0.2, 0.25) is 0 Å². The molecule has 5 heteroatoms. The Morgan fingerprint density at radius 1 is 1.00 bits per heavy atom. The summed E-state index contributed by atoms with van der Waals surface area (Å²) in [4.78, 5) is 17.6. The number of aryl methyl sites for hydroxylation is 2. The molecule has 4 fully saturated rings. The summed E-state index contributed by atoms with van der Waals surface area (Å²) in [5.41, 5.74) is 5.22. The van der Waals surface area contributed by atoms with E-state index >= 15 is 0 Å². The second-order valence-corrected chi connectivity index (χ2v) is 10.2. The molecule has 2 aromatic heterocycles.